The SMILES string of the molecule is [2H]c1c([2H])c([2H])c2c(c1[2H])[N+](c1cc(Oc3ccc4c5ccncc5n(-c5cc(C(C)(C)C)ccn5)c4c3)cc(C(C)(C)C)c1)=C=[N+]2c1ccccc1C(C)(C)C. The number of hydrogen-bond acceptors (Lipinski definition) is 3. The lowest BCUT2D eigenvalue weighted by atomic mass is 9.85. The van der Waals surface area contributed by atoms with E-state index in [1.54, 1.807) is 9.15 Å². The molecule has 0 unspecified atom stereocenters. The van der Waals surface area contributed by atoms with Gasteiger partial charge < -0.3 is 4.74 Å². The first-order valence-corrected chi connectivity index (χ1v) is 18.1. The average Bonchev–Trinajstić information content (AvgIpc) is 3.72. The molecule has 53 heavy (non-hydrogen) atoms. The number of hydrogen-bond donors (Lipinski definition) is 0. The highest BCUT2D eigenvalue weighted by molar-refractivity contribution is 6.09. The molecule has 0 N–H and O–H groups in total. The fourth-order valence-corrected chi connectivity index (χ4v) is 6.99. The van der Waals surface area contributed by atoms with Gasteiger partial charge in [-0.1, -0.05) is 92.6 Å². The van der Waals surface area contributed by atoms with Crippen molar-refractivity contribution in [3.63, 3.8) is 0 Å². The molecule has 8 rings (SSSR count). The van der Waals surface area contributed by atoms with Crippen molar-refractivity contribution in [2.45, 2.75) is 78.6 Å². The number of nitrogens with zero attached hydrogens (tertiary/aromatic N) is 5. The van der Waals surface area contributed by atoms with Gasteiger partial charge in [0.2, 0.25) is 11.4 Å². The summed E-state index contributed by atoms with van der Waals surface area (Å²) in [6, 6.07) is 28.9. The third-order valence-corrected chi connectivity index (χ3v) is 9.88. The van der Waals surface area contributed by atoms with Gasteiger partial charge in [-0.2, -0.15) is 0 Å². The van der Waals surface area contributed by atoms with Crippen LogP contribution in [-0.2, 0) is 16.2 Å². The van der Waals surface area contributed by atoms with Crippen LogP contribution in [-0.4, -0.2) is 20.5 Å². The second-order valence-corrected chi connectivity index (χ2v) is 16.9. The zero-order valence-electron chi connectivity index (χ0n) is 35.9. The van der Waals surface area contributed by atoms with Gasteiger partial charge >= 0.3 is 6.01 Å². The number of fused-ring (bicyclic) bond motifs is 4. The van der Waals surface area contributed by atoms with E-state index in [9.17, 15) is 0 Å². The molecule has 0 spiro atoms. The lowest BCUT2D eigenvalue weighted by Gasteiger charge is -2.20. The van der Waals surface area contributed by atoms with Crippen LogP contribution in [0.4, 0.5) is 22.7 Å². The highest BCUT2D eigenvalue weighted by atomic mass is 16.5. The highest BCUT2D eigenvalue weighted by Crippen LogP contribution is 2.42. The Morgan fingerprint density at radius 1 is 0.642 bits per heavy atom. The van der Waals surface area contributed by atoms with Gasteiger partial charge in [-0.15, -0.1) is 0 Å². The van der Waals surface area contributed by atoms with Gasteiger partial charge in [0.25, 0.3) is 11.4 Å². The van der Waals surface area contributed by atoms with Gasteiger partial charge in [-0.25, -0.2) is 4.98 Å². The minimum absolute atomic E-state index is 0.0643. The summed E-state index contributed by atoms with van der Waals surface area (Å²) in [5, 5.41) is 2.11. The van der Waals surface area contributed by atoms with Crippen molar-refractivity contribution in [1.82, 2.24) is 23.7 Å². The van der Waals surface area contributed by atoms with E-state index >= 15 is 0 Å². The Hall–Kier alpha value is -5.84. The number of benzene rings is 4. The molecular weight excluding hydrogens is 651 g/mol. The number of ether oxygens (including phenoxy) is 1. The van der Waals surface area contributed by atoms with Crippen LogP contribution in [0, 0.1) is 0 Å². The predicted octanol–water partition coefficient (Wildman–Crippen LogP) is 12.1. The normalized spacial score (nSPS) is 14.4. The van der Waals surface area contributed by atoms with E-state index in [2.05, 4.69) is 102 Å². The summed E-state index contributed by atoms with van der Waals surface area (Å²) in [5.74, 6) is 2.00. The van der Waals surface area contributed by atoms with Crippen molar-refractivity contribution in [1.29, 1.82) is 0 Å². The molecule has 3 aromatic heterocycles. The average molecular weight is 702 g/mol. The third kappa shape index (κ3) is 6.23. The summed E-state index contributed by atoms with van der Waals surface area (Å²) in [7, 11) is 0. The van der Waals surface area contributed by atoms with Gasteiger partial charge in [-0.05, 0) is 72.9 Å². The number of aromatic nitrogens is 3. The van der Waals surface area contributed by atoms with Crippen molar-refractivity contribution in [3.8, 4) is 17.3 Å². The van der Waals surface area contributed by atoms with Crippen molar-refractivity contribution >= 4 is 50.6 Å². The molecular formula is C47H47N5O+2. The molecule has 0 saturated heterocycles. The van der Waals surface area contributed by atoms with E-state index in [0.717, 1.165) is 44.4 Å². The Morgan fingerprint density at radius 2 is 1.36 bits per heavy atom. The Bertz CT molecular complexity index is 2870. The van der Waals surface area contributed by atoms with E-state index < -0.39 is 0 Å². The van der Waals surface area contributed by atoms with Crippen LogP contribution in [0.25, 0.3) is 27.6 Å². The molecule has 1 aliphatic rings. The Kier molecular flexibility index (Phi) is 6.95. The zero-order chi connectivity index (χ0) is 40.8. The Labute approximate surface area is 318 Å². The second-order valence-electron chi connectivity index (χ2n) is 16.9. The second kappa shape index (κ2) is 12.4. The van der Waals surface area contributed by atoms with Crippen molar-refractivity contribution in [2.24, 2.45) is 0 Å². The first kappa shape index (κ1) is 29.7. The topological polar surface area (TPSA) is 46.0 Å². The summed E-state index contributed by atoms with van der Waals surface area (Å²) in [6.07, 6.45) is 5.54. The summed E-state index contributed by atoms with van der Waals surface area (Å²) in [5.41, 5.74) is 6.57. The smallest absolute Gasteiger partial charge is 0.457 e. The first-order chi connectivity index (χ1) is 26.8. The van der Waals surface area contributed by atoms with E-state index in [4.69, 9.17) is 15.2 Å². The molecule has 0 saturated carbocycles. The van der Waals surface area contributed by atoms with E-state index in [-0.39, 0.29) is 40.4 Å². The maximum Gasteiger partial charge on any atom is 0.503 e. The standard InChI is InChI=1S/C47H47N5O/c1-45(2,3)31-20-23-49-44(26-31)52-42-28-34(18-19-36(42)37-21-22-48-29-43(37)52)53-35-25-32(46(4,5)6)24-33(27-35)50-30-51(41-17-13-12-16-40(41)50)39-15-11-10-14-38(39)47(7,8)9/h10-29H,1-9H3/q+2/i12D,13D,16D,17D. The number of pyridine rings is 2. The molecule has 4 aromatic carbocycles. The molecule has 1 aliphatic heterocycles. The van der Waals surface area contributed by atoms with Crippen LogP contribution in [0.15, 0.2) is 122 Å². The van der Waals surface area contributed by atoms with Crippen molar-refractivity contribution < 1.29 is 10.2 Å². The van der Waals surface area contributed by atoms with Crippen LogP contribution < -0.4 is 13.9 Å². The summed E-state index contributed by atoms with van der Waals surface area (Å²) in [6.45, 7) is 19.4. The summed E-state index contributed by atoms with van der Waals surface area (Å²) < 4.78 is 48.0. The molecule has 0 aliphatic carbocycles. The maximum atomic E-state index is 9.15. The molecule has 264 valence electrons. The molecule has 0 bridgehead atoms. The lowest BCUT2D eigenvalue weighted by molar-refractivity contribution is 0.479. The van der Waals surface area contributed by atoms with Crippen LogP contribution in [0.2, 0.25) is 0 Å². The molecule has 0 atom stereocenters. The Balaban J connectivity index is 1.33. The van der Waals surface area contributed by atoms with Crippen LogP contribution >= 0.6 is 0 Å². The highest BCUT2D eigenvalue weighted by Gasteiger charge is 2.39. The van der Waals surface area contributed by atoms with Gasteiger partial charge in [0.1, 0.15) is 17.3 Å². The first-order valence-electron chi connectivity index (χ1n) is 20.1. The fraction of sp³-hybridized carbons (Fsp3) is 0.255. The molecule has 7 aromatic rings. The van der Waals surface area contributed by atoms with Gasteiger partial charge in [0, 0.05) is 59.0 Å². The molecule has 0 amide bonds. The van der Waals surface area contributed by atoms with E-state index in [1.807, 2.05) is 73.2 Å². The zero-order valence-corrected chi connectivity index (χ0v) is 31.9. The quantitative estimate of drug-likeness (QED) is 0.168. The van der Waals surface area contributed by atoms with Crippen LogP contribution in [0.1, 0.15) is 84.5 Å². The largest absolute Gasteiger partial charge is 0.503 e. The minimum Gasteiger partial charge on any atom is -0.457 e. The van der Waals surface area contributed by atoms with Gasteiger partial charge in [0.15, 0.2) is 0 Å². The molecule has 4 heterocycles. The van der Waals surface area contributed by atoms with E-state index in [1.165, 1.54) is 5.56 Å². The minimum atomic E-state index is -0.304. The summed E-state index contributed by atoms with van der Waals surface area (Å²) >= 11 is 0. The van der Waals surface area contributed by atoms with Crippen LogP contribution in [0.3, 0.4) is 0 Å². The predicted molar refractivity (Wildman–Crippen MR) is 220 cm³/mol. The van der Waals surface area contributed by atoms with Crippen molar-refractivity contribution in [3.05, 3.63) is 138 Å². The molecule has 6 heteroatoms. The molecule has 0 radical (unpaired) electrons. The molecule has 6 nitrogen and oxygen atoms in total. The third-order valence-electron chi connectivity index (χ3n) is 9.88. The maximum absolute atomic E-state index is 9.15. The fourth-order valence-electron chi connectivity index (χ4n) is 6.99. The van der Waals surface area contributed by atoms with Crippen molar-refractivity contribution in [2.75, 3.05) is 0 Å². The molecule has 0 fully saturated rings. The monoisotopic (exact) mass is 701 g/mol. The van der Waals surface area contributed by atoms with Gasteiger partial charge in [-0.3, -0.25) is 9.55 Å². The number of para-hydroxylation sites is 3. The summed E-state index contributed by atoms with van der Waals surface area (Å²) in [4.78, 5) is 9.29. The van der Waals surface area contributed by atoms with Crippen LogP contribution in [0.5, 0.6) is 11.5 Å². The van der Waals surface area contributed by atoms with E-state index in [0.29, 0.717) is 28.6 Å². The van der Waals surface area contributed by atoms with Gasteiger partial charge in [0.05, 0.1) is 28.8 Å². The lowest BCUT2D eigenvalue weighted by Crippen LogP contribution is -2.15. The Morgan fingerprint density at radius 3 is 2.09 bits per heavy atom. The number of rotatable bonds is 5.